The van der Waals surface area contributed by atoms with Gasteiger partial charge in [0.1, 0.15) is 0 Å². The monoisotopic (exact) mass is 968 g/mol. The molecule has 5 aromatic carbocycles. The molecule has 348 valence electrons. The van der Waals surface area contributed by atoms with Crippen LogP contribution in [0.25, 0.3) is 22.4 Å². The molecule has 0 saturated carbocycles. The first kappa shape index (κ1) is 48.8. The number of aliphatic hydroxyl groups is 1. The summed E-state index contributed by atoms with van der Waals surface area (Å²) < 4.78 is 32.1. The van der Waals surface area contributed by atoms with Crippen molar-refractivity contribution >= 4 is 74.5 Å². The summed E-state index contributed by atoms with van der Waals surface area (Å²) in [4.78, 5) is 21.1. The maximum absolute atomic E-state index is 13.7. The predicted molar refractivity (Wildman–Crippen MR) is 274 cm³/mol. The summed E-state index contributed by atoms with van der Waals surface area (Å²) in [6.45, 7) is 9.52. The van der Waals surface area contributed by atoms with Crippen LogP contribution in [-0.4, -0.2) is 97.8 Å². The van der Waals surface area contributed by atoms with E-state index in [0.29, 0.717) is 22.0 Å². The van der Waals surface area contributed by atoms with Crippen LogP contribution in [0.3, 0.4) is 0 Å². The fourth-order valence-electron chi connectivity index (χ4n) is 8.90. The van der Waals surface area contributed by atoms with Crippen molar-refractivity contribution in [1.29, 1.82) is 0 Å². The van der Waals surface area contributed by atoms with Gasteiger partial charge < -0.3 is 34.8 Å². The number of carbonyl (C=O) groups is 1. The number of benzene rings is 5. The number of aliphatic hydroxyl groups excluding tert-OH is 1. The third-order valence-corrected chi connectivity index (χ3v) is 15.5. The molecule has 8 rings (SSSR count). The normalized spacial score (nSPS) is 15.3. The second-order valence-electron chi connectivity index (χ2n) is 17.0. The number of carboxylic acids is 1. The van der Waals surface area contributed by atoms with Crippen LogP contribution in [0, 0.1) is 13.8 Å². The van der Waals surface area contributed by atoms with E-state index in [4.69, 9.17) is 11.6 Å². The smallest absolute Gasteiger partial charge is 0.338 e. The molecule has 15 heteroatoms. The van der Waals surface area contributed by atoms with Gasteiger partial charge in [0.25, 0.3) is 10.0 Å². The number of hydrogen-bond donors (Lipinski definition) is 4. The molecule has 1 atom stereocenters. The molecule has 4 N–H and O–H groups in total. The molecule has 1 aromatic heterocycles. The standard InChI is InChI=1S/C51H57ClN6O5S2.ClH/c1-35-32-46(20-21-47(35)53-41(34-64-45-10-5-4-6-11-45)22-25-56-26-23-44(59)24-27-56)65(62,63)54-40-16-18-42(19-17-40)57-28-30-58(31-29-57)43-9-7-8-38(33-43)49-48(51(60)61)36(2)55(3)50(49)37-12-14-39(52)15-13-37;/h4-21,32-33,41,44,53-54,59H,22-31,34H2,1-3H3,(H,60,61);1H/t41-;/m1./s1. The number of nitrogens with zero attached hydrogens (tertiary/aromatic N) is 4. The number of rotatable bonds is 16. The molecule has 3 heterocycles. The summed E-state index contributed by atoms with van der Waals surface area (Å²) in [6, 6.07) is 38.9. The van der Waals surface area contributed by atoms with Crippen molar-refractivity contribution in [2.75, 3.05) is 71.4 Å². The van der Waals surface area contributed by atoms with Gasteiger partial charge in [-0.2, -0.15) is 0 Å². The highest BCUT2D eigenvalue weighted by Crippen LogP contribution is 2.40. The van der Waals surface area contributed by atoms with Gasteiger partial charge >= 0.3 is 5.97 Å². The molecule has 2 fully saturated rings. The zero-order chi connectivity index (χ0) is 45.7. The molecule has 66 heavy (non-hydrogen) atoms. The van der Waals surface area contributed by atoms with Crippen molar-refractivity contribution < 1.29 is 23.4 Å². The van der Waals surface area contributed by atoms with E-state index in [1.165, 1.54) is 4.90 Å². The molecule has 11 nitrogen and oxygen atoms in total. The molecular formula is C51H58Cl2N6O5S2. The number of aromatic carboxylic acids is 1. The lowest BCUT2D eigenvalue weighted by molar-refractivity contribution is 0.0696. The number of carboxylic acid groups (broad SMARTS) is 1. The van der Waals surface area contributed by atoms with Crippen molar-refractivity contribution in [3.63, 3.8) is 0 Å². The molecule has 6 aromatic rings. The second-order valence-corrected chi connectivity index (χ2v) is 20.2. The lowest BCUT2D eigenvalue weighted by atomic mass is 9.96. The lowest BCUT2D eigenvalue weighted by Crippen LogP contribution is -2.46. The molecule has 0 amide bonds. The summed E-state index contributed by atoms with van der Waals surface area (Å²) in [5, 5.41) is 24.7. The molecule has 2 aliphatic heterocycles. The number of aryl methyl sites for hydroxylation is 1. The number of nitrogens with one attached hydrogen (secondary N) is 2. The largest absolute Gasteiger partial charge is 0.478 e. The first-order valence-electron chi connectivity index (χ1n) is 22.2. The third-order valence-electron chi connectivity index (χ3n) is 12.7. The molecule has 0 aliphatic carbocycles. The van der Waals surface area contributed by atoms with Gasteiger partial charge in [-0.25, -0.2) is 13.2 Å². The first-order valence-corrected chi connectivity index (χ1v) is 25.0. The fourth-order valence-corrected chi connectivity index (χ4v) is 11.2. The van der Waals surface area contributed by atoms with Gasteiger partial charge in [0.2, 0.25) is 0 Å². The number of likely N-dealkylation sites (tertiary alicyclic amines) is 1. The Bertz CT molecular complexity index is 2700. The summed E-state index contributed by atoms with van der Waals surface area (Å²) in [7, 11) is -1.96. The maximum Gasteiger partial charge on any atom is 0.338 e. The van der Waals surface area contributed by atoms with E-state index >= 15 is 0 Å². The van der Waals surface area contributed by atoms with Crippen LogP contribution in [0.15, 0.2) is 131 Å². The highest BCUT2D eigenvalue weighted by atomic mass is 35.5. The molecule has 0 unspecified atom stereocenters. The number of piperidine rings is 1. The molecule has 0 radical (unpaired) electrons. The average molecular weight is 970 g/mol. The van der Waals surface area contributed by atoms with Gasteiger partial charge in [-0.3, -0.25) is 4.72 Å². The highest BCUT2D eigenvalue weighted by Gasteiger charge is 2.27. The Balaban J connectivity index is 0.00000648. The zero-order valence-electron chi connectivity index (χ0n) is 37.5. The Kier molecular flexibility index (Phi) is 16.0. The Morgan fingerprint density at radius 3 is 2.12 bits per heavy atom. The number of piperazine rings is 1. The van der Waals surface area contributed by atoms with E-state index in [2.05, 4.69) is 49.0 Å². The Hall–Kier alpha value is -5.15. The fraction of sp³-hybridized carbons (Fsp3) is 0.314. The lowest BCUT2D eigenvalue weighted by Gasteiger charge is -2.37. The van der Waals surface area contributed by atoms with Gasteiger partial charge in [0, 0.05) is 109 Å². The minimum absolute atomic E-state index is 0. The van der Waals surface area contributed by atoms with E-state index in [-0.39, 0.29) is 35.0 Å². The Morgan fingerprint density at radius 2 is 1.47 bits per heavy atom. The number of halogens is 2. The second kappa shape index (κ2) is 21.6. The van der Waals surface area contributed by atoms with Crippen LogP contribution in [0.1, 0.15) is 40.9 Å². The van der Waals surface area contributed by atoms with Crippen LogP contribution in [0.4, 0.5) is 22.7 Å². The van der Waals surface area contributed by atoms with Gasteiger partial charge in [-0.15, -0.1) is 24.2 Å². The molecular weight excluding hydrogens is 912 g/mol. The minimum atomic E-state index is -3.85. The molecule has 0 spiro atoms. The van der Waals surface area contributed by atoms with Crippen LogP contribution in [0.5, 0.6) is 0 Å². The van der Waals surface area contributed by atoms with Crippen molar-refractivity contribution in [3.8, 4) is 22.4 Å². The van der Waals surface area contributed by atoms with Gasteiger partial charge in [-0.05, 0) is 129 Å². The minimum Gasteiger partial charge on any atom is -0.478 e. The van der Waals surface area contributed by atoms with Gasteiger partial charge in [0.05, 0.1) is 22.3 Å². The maximum atomic E-state index is 13.7. The first-order chi connectivity index (χ1) is 31.3. The van der Waals surface area contributed by atoms with Gasteiger partial charge in [-0.1, -0.05) is 54.1 Å². The highest BCUT2D eigenvalue weighted by molar-refractivity contribution is 7.99. The number of sulfonamides is 1. The number of anilines is 4. The van der Waals surface area contributed by atoms with E-state index in [1.807, 2.05) is 122 Å². The third kappa shape index (κ3) is 11.5. The average Bonchev–Trinajstić information content (AvgIpc) is 3.58. The van der Waals surface area contributed by atoms with Crippen LogP contribution >= 0.6 is 35.8 Å². The molecule has 2 saturated heterocycles. The summed E-state index contributed by atoms with van der Waals surface area (Å²) in [5.74, 6) is -0.107. The predicted octanol–water partition coefficient (Wildman–Crippen LogP) is 10.3. The molecule has 0 bridgehead atoms. The van der Waals surface area contributed by atoms with E-state index in [1.54, 1.807) is 12.1 Å². The van der Waals surface area contributed by atoms with Crippen molar-refractivity contribution in [1.82, 2.24) is 9.47 Å². The van der Waals surface area contributed by atoms with E-state index < -0.39 is 16.0 Å². The SMILES string of the molecule is Cc1cc(S(=O)(=O)Nc2ccc(N3CCN(c4cccc(-c5c(C(=O)O)c(C)n(C)c5-c5ccc(Cl)cc5)c4)CC3)cc2)ccc1N[C@H](CCN1CCC(O)CC1)CSc1ccccc1.Cl. The van der Waals surface area contributed by atoms with Gasteiger partial charge in [0.15, 0.2) is 0 Å². The summed E-state index contributed by atoms with van der Waals surface area (Å²) in [6.07, 6.45) is 2.34. The topological polar surface area (TPSA) is 130 Å². The summed E-state index contributed by atoms with van der Waals surface area (Å²) >= 11 is 8.02. The van der Waals surface area contributed by atoms with E-state index in [9.17, 15) is 23.4 Å². The van der Waals surface area contributed by atoms with E-state index in [0.717, 1.165) is 110 Å². The van der Waals surface area contributed by atoms with Crippen molar-refractivity contribution in [3.05, 3.63) is 143 Å². The van der Waals surface area contributed by atoms with Crippen molar-refractivity contribution in [2.45, 2.75) is 55.0 Å². The number of thioether (sulfide) groups is 1. The zero-order valence-corrected chi connectivity index (χ0v) is 40.7. The Morgan fingerprint density at radius 1 is 0.803 bits per heavy atom. The Labute approximate surface area is 404 Å². The van der Waals surface area contributed by atoms with Crippen molar-refractivity contribution in [2.24, 2.45) is 7.05 Å². The van der Waals surface area contributed by atoms with Crippen LogP contribution < -0.4 is 19.8 Å². The molecule has 2 aliphatic rings. The quantitative estimate of drug-likeness (QED) is 0.0696. The number of aromatic nitrogens is 1. The number of hydrogen-bond acceptors (Lipinski definition) is 9. The van der Waals surface area contributed by atoms with Crippen LogP contribution in [0.2, 0.25) is 5.02 Å². The van der Waals surface area contributed by atoms with Crippen LogP contribution in [-0.2, 0) is 17.1 Å². The summed E-state index contributed by atoms with van der Waals surface area (Å²) in [5.41, 5.74) is 8.46.